The number of nitrogen functional groups attached to an aromatic ring is 1. The number of halogens is 1. The Balaban J connectivity index is 2.35. The van der Waals surface area contributed by atoms with E-state index in [1.807, 2.05) is 0 Å². The lowest BCUT2D eigenvalue weighted by Crippen LogP contribution is -2.17. The molecule has 0 radical (unpaired) electrons. The molecule has 3 N–H and O–H groups in total. The van der Waals surface area contributed by atoms with Crippen molar-refractivity contribution in [1.29, 1.82) is 0 Å². The monoisotopic (exact) mass is 242 g/mol. The molecule has 0 bridgehead atoms. The van der Waals surface area contributed by atoms with Crippen molar-refractivity contribution in [3.05, 3.63) is 24.0 Å². The number of carbonyl (C=O) groups is 1. The van der Waals surface area contributed by atoms with Gasteiger partial charge in [0, 0.05) is 24.1 Å². The van der Waals surface area contributed by atoms with Gasteiger partial charge in [0.1, 0.15) is 5.82 Å². The van der Waals surface area contributed by atoms with Crippen LogP contribution in [0.3, 0.4) is 0 Å². The Morgan fingerprint density at radius 3 is 2.94 bits per heavy atom. The van der Waals surface area contributed by atoms with Gasteiger partial charge < -0.3 is 11.1 Å². The molecule has 3 nitrogen and oxygen atoms in total. The third kappa shape index (κ3) is 4.10. The second-order valence-electron chi connectivity index (χ2n) is 3.31. The van der Waals surface area contributed by atoms with Crippen LogP contribution in [0.5, 0.6) is 0 Å². The summed E-state index contributed by atoms with van der Waals surface area (Å²) in [6.07, 6.45) is 1.28. The van der Waals surface area contributed by atoms with Gasteiger partial charge in [-0.25, -0.2) is 4.39 Å². The maximum absolute atomic E-state index is 12.7. The number of rotatable bonds is 5. The number of hydrogen-bond donors (Lipinski definition) is 2. The van der Waals surface area contributed by atoms with E-state index in [0.29, 0.717) is 12.1 Å². The minimum atomic E-state index is -0.327. The zero-order chi connectivity index (χ0) is 12.0. The number of hydrogen-bond acceptors (Lipinski definition) is 3. The highest BCUT2D eigenvalue weighted by Crippen LogP contribution is 2.26. The molecule has 0 fully saturated rings. The Hall–Kier alpha value is -1.23. The molecule has 0 atom stereocenters. The topological polar surface area (TPSA) is 55.1 Å². The van der Waals surface area contributed by atoms with Crippen molar-refractivity contribution in [3.8, 4) is 0 Å². The van der Waals surface area contributed by atoms with Gasteiger partial charge in [-0.05, 0) is 30.4 Å². The Labute approximate surface area is 98.6 Å². The minimum absolute atomic E-state index is 0.0349. The normalized spacial score (nSPS) is 10.1. The van der Waals surface area contributed by atoms with E-state index in [-0.39, 0.29) is 11.7 Å². The van der Waals surface area contributed by atoms with Crippen LogP contribution in [0.1, 0.15) is 12.8 Å². The van der Waals surface area contributed by atoms with Crippen LogP contribution in [0.4, 0.5) is 10.1 Å². The number of nitrogens with one attached hydrogen (secondary N) is 1. The van der Waals surface area contributed by atoms with E-state index in [2.05, 4.69) is 5.32 Å². The second-order valence-corrected chi connectivity index (χ2v) is 4.44. The minimum Gasteiger partial charge on any atom is -0.398 e. The summed E-state index contributed by atoms with van der Waals surface area (Å²) < 4.78 is 12.7. The highest BCUT2D eigenvalue weighted by atomic mass is 32.2. The summed E-state index contributed by atoms with van der Waals surface area (Å²) in [5.74, 6) is 0.503. The summed E-state index contributed by atoms with van der Waals surface area (Å²) in [7, 11) is 1.62. The smallest absolute Gasteiger partial charge is 0.219 e. The molecule has 0 saturated heterocycles. The fraction of sp³-hybridized carbons (Fsp3) is 0.364. The molecule has 0 aliphatic heterocycles. The average molecular weight is 242 g/mol. The zero-order valence-electron chi connectivity index (χ0n) is 9.13. The third-order valence-electron chi connectivity index (χ3n) is 2.06. The molecule has 0 aliphatic rings. The highest BCUT2D eigenvalue weighted by molar-refractivity contribution is 7.99. The van der Waals surface area contributed by atoms with Crippen LogP contribution in [0.15, 0.2) is 23.1 Å². The summed E-state index contributed by atoms with van der Waals surface area (Å²) in [6.45, 7) is 0. The first-order valence-electron chi connectivity index (χ1n) is 5.02. The van der Waals surface area contributed by atoms with Gasteiger partial charge in [-0.1, -0.05) is 0 Å². The molecule has 1 aromatic rings. The molecule has 0 saturated carbocycles. The average Bonchev–Trinajstić information content (AvgIpc) is 2.26. The molecule has 0 spiro atoms. The zero-order valence-corrected chi connectivity index (χ0v) is 9.94. The predicted molar refractivity (Wildman–Crippen MR) is 64.8 cm³/mol. The molecule has 0 unspecified atom stereocenters. The number of anilines is 1. The highest BCUT2D eigenvalue weighted by Gasteiger charge is 2.02. The second kappa shape index (κ2) is 6.37. The van der Waals surface area contributed by atoms with Crippen molar-refractivity contribution < 1.29 is 9.18 Å². The molecule has 1 rings (SSSR count). The van der Waals surface area contributed by atoms with Crippen LogP contribution in [0.25, 0.3) is 0 Å². The van der Waals surface area contributed by atoms with Crippen molar-refractivity contribution in [1.82, 2.24) is 5.32 Å². The summed E-state index contributed by atoms with van der Waals surface area (Å²) in [5, 5.41) is 2.56. The number of amides is 1. The van der Waals surface area contributed by atoms with E-state index in [4.69, 9.17) is 5.73 Å². The van der Waals surface area contributed by atoms with Gasteiger partial charge in [0.05, 0.1) is 0 Å². The lowest BCUT2D eigenvalue weighted by molar-refractivity contribution is -0.120. The van der Waals surface area contributed by atoms with Gasteiger partial charge in [-0.15, -0.1) is 11.8 Å². The first-order chi connectivity index (χ1) is 7.63. The molecule has 88 valence electrons. The van der Waals surface area contributed by atoms with Crippen molar-refractivity contribution >= 4 is 23.4 Å². The van der Waals surface area contributed by atoms with E-state index in [1.54, 1.807) is 13.1 Å². The van der Waals surface area contributed by atoms with E-state index < -0.39 is 0 Å². The summed E-state index contributed by atoms with van der Waals surface area (Å²) in [5.41, 5.74) is 6.10. The van der Waals surface area contributed by atoms with E-state index in [1.165, 1.54) is 23.9 Å². The van der Waals surface area contributed by atoms with Crippen LogP contribution < -0.4 is 11.1 Å². The summed E-state index contributed by atoms with van der Waals surface area (Å²) >= 11 is 1.54. The summed E-state index contributed by atoms with van der Waals surface area (Å²) in [4.78, 5) is 11.8. The molecule has 0 aromatic heterocycles. The fourth-order valence-electron chi connectivity index (χ4n) is 1.19. The Morgan fingerprint density at radius 1 is 1.56 bits per heavy atom. The van der Waals surface area contributed by atoms with Gasteiger partial charge >= 0.3 is 0 Å². The lowest BCUT2D eigenvalue weighted by Gasteiger charge is -2.05. The van der Waals surface area contributed by atoms with Gasteiger partial charge in [-0.3, -0.25) is 4.79 Å². The number of thioether (sulfide) groups is 1. The summed E-state index contributed by atoms with van der Waals surface area (Å²) in [6, 6.07) is 4.35. The molecule has 5 heteroatoms. The van der Waals surface area contributed by atoms with Gasteiger partial charge in [-0.2, -0.15) is 0 Å². The maximum atomic E-state index is 12.7. The fourth-order valence-corrected chi connectivity index (χ4v) is 2.09. The van der Waals surface area contributed by atoms with Gasteiger partial charge in [0.25, 0.3) is 0 Å². The van der Waals surface area contributed by atoms with Crippen LogP contribution >= 0.6 is 11.8 Å². The number of carbonyl (C=O) groups excluding carboxylic acids is 1. The van der Waals surface area contributed by atoms with Crippen LogP contribution in [-0.2, 0) is 4.79 Å². The van der Waals surface area contributed by atoms with Crippen LogP contribution in [-0.4, -0.2) is 18.7 Å². The standard InChI is InChI=1S/C11H15FN2OS/c1-14-11(15)3-2-6-16-10-5-4-8(12)7-9(10)13/h4-5,7H,2-3,6,13H2,1H3,(H,14,15). The number of nitrogens with two attached hydrogens (primary N) is 1. The molecule has 0 heterocycles. The van der Waals surface area contributed by atoms with E-state index in [0.717, 1.165) is 17.1 Å². The molecule has 16 heavy (non-hydrogen) atoms. The van der Waals surface area contributed by atoms with Crippen molar-refractivity contribution in [2.24, 2.45) is 0 Å². The molecular formula is C11H15FN2OS. The Bertz CT molecular complexity index is 371. The lowest BCUT2D eigenvalue weighted by atomic mass is 10.3. The molecule has 1 amide bonds. The predicted octanol–water partition coefficient (Wildman–Crippen LogP) is 2.03. The maximum Gasteiger partial charge on any atom is 0.219 e. The SMILES string of the molecule is CNC(=O)CCCSc1ccc(F)cc1N. The molecule has 0 aliphatic carbocycles. The van der Waals surface area contributed by atoms with Crippen LogP contribution in [0.2, 0.25) is 0 Å². The van der Waals surface area contributed by atoms with E-state index in [9.17, 15) is 9.18 Å². The third-order valence-corrected chi connectivity index (χ3v) is 3.23. The van der Waals surface area contributed by atoms with Crippen molar-refractivity contribution in [3.63, 3.8) is 0 Å². The van der Waals surface area contributed by atoms with E-state index >= 15 is 0 Å². The van der Waals surface area contributed by atoms with Crippen LogP contribution in [0, 0.1) is 5.82 Å². The Kier molecular flexibility index (Phi) is 5.11. The van der Waals surface area contributed by atoms with Crippen molar-refractivity contribution in [2.75, 3.05) is 18.5 Å². The van der Waals surface area contributed by atoms with Gasteiger partial charge in [0.15, 0.2) is 0 Å². The van der Waals surface area contributed by atoms with Crippen molar-refractivity contribution in [2.45, 2.75) is 17.7 Å². The quantitative estimate of drug-likeness (QED) is 0.472. The van der Waals surface area contributed by atoms with Gasteiger partial charge in [0.2, 0.25) is 5.91 Å². The Morgan fingerprint density at radius 2 is 2.31 bits per heavy atom. The first kappa shape index (κ1) is 12.8. The molecular weight excluding hydrogens is 227 g/mol. The first-order valence-corrected chi connectivity index (χ1v) is 6.00. The molecule has 1 aromatic carbocycles. The largest absolute Gasteiger partial charge is 0.398 e. The number of benzene rings is 1.